The zero-order valence-corrected chi connectivity index (χ0v) is 14.3. The Balaban J connectivity index is 1.86. The van der Waals surface area contributed by atoms with Gasteiger partial charge in [0.2, 0.25) is 5.91 Å². The molecule has 1 aliphatic heterocycles. The van der Waals surface area contributed by atoms with Gasteiger partial charge in [0.15, 0.2) is 0 Å². The van der Waals surface area contributed by atoms with E-state index in [1.54, 1.807) is 18.1 Å². The van der Waals surface area contributed by atoms with Crippen LogP contribution in [0, 0.1) is 0 Å². The van der Waals surface area contributed by atoms with E-state index in [0.29, 0.717) is 11.4 Å². The molecule has 24 heavy (non-hydrogen) atoms. The van der Waals surface area contributed by atoms with Crippen LogP contribution in [0.5, 0.6) is 5.75 Å². The topological polar surface area (TPSA) is 64.4 Å². The van der Waals surface area contributed by atoms with Gasteiger partial charge in [0.25, 0.3) is 5.56 Å². The number of para-hydroxylation sites is 1. The molecule has 3 rings (SSSR count). The summed E-state index contributed by atoms with van der Waals surface area (Å²) in [5, 5.41) is 4.36. The lowest BCUT2D eigenvalue weighted by Crippen LogP contribution is -2.41. The summed E-state index contributed by atoms with van der Waals surface area (Å²) >= 11 is 1.84. The largest absolute Gasteiger partial charge is 0.496 e. The number of rotatable bonds is 4. The van der Waals surface area contributed by atoms with Crippen molar-refractivity contribution in [1.82, 2.24) is 14.7 Å². The molecule has 6 nitrogen and oxygen atoms in total. The zero-order valence-electron chi connectivity index (χ0n) is 13.5. The molecule has 2 aromatic rings. The molecule has 1 aromatic carbocycles. The lowest BCUT2D eigenvalue weighted by atomic mass is 10.1. The fraction of sp³-hybridized carbons (Fsp3) is 0.353. The molecule has 126 valence electrons. The first-order chi connectivity index (χ1) is 11.7. The lowest BCUT2D eigenvalue weighted by molar-refractivity contribution is -0.131. The second-order valence-electron chi connectivity index (χ2n) is 5.41. The molecule has 0 radical (unpaired) electrons. The molecular formula is C17H19N3O3S. The maximum atomic E-state index is 12.4. The second kappa shape index (κ2) is 7.53. The molecule has 0 saturated carbocycles. The molecule has 1 fully saturated rings. The number of carbonyl (C=O) groups excluding carboxylic acids is 1. The SMILES string of the molecule is COc1ccccc1-c1ccc(=O)n(CC(=O)N2CCSCC2)n1. The first kappa shape index (κ1) is 16.6. The predicted octanol–water partition coefficient (Wildman–Crippen LogP) is 1.49. The van der Waals surface area contributed by atoms with Crippen LogP contribution in [0.3, 0.4) is 0 Å². The number of carbonyl (C=O) groups is 1. The minimum absolute atomic E-state index is 0.0352. The zero-order chi connectivity index (χ0) is 16.9. The Hall–Kier alpha value is -2.28. The van der Waals surface area contributed by atoms with Crippen molar-refractivity contribution in [2.24, 2.45) is 0 Å². The Kier molecular flexibility index (Phi) is 5.20. The van der Waals surface area contributed by atoms with Crippen LogP contribution in [0.2, 0.25) is 0 Å². The molecule has 0 N–H and O–H groups in total. The van der Waals surface area contributed by atoms with Crippen LogP contribution < -0.4 is 10.3 Å². The van der Waals surface area contributed by atoms with Gasteiger partial charge in [-0.3, -0.25) is 9.59 Å². The summed E-state index contributed by atoms with van der Waals surface area (Å²) in [5.74, 6) is 2.49. The molecule has 7 heteroatoms. The van der Waals surface area contributed by atoms with Gasteiger partial charge in [0.05, 0.1) is 12.8 Å². The highest BCUT2D eigenvalue weighted by Crippen LogP contribution is 2.27. The van der Waals surface area contributed by atoms with Crippen LogP contribution >= 0.6 is 11.8 Å². The number of benzene rings is 1. The third kappa shape index (κ3) is 3.62. The molecule has 1 aromatic heterocycles. The van der Waals surface area contributed by atoms with E-state index in [1.807, 2.05) is 36.0 Å². The van der Waals surface area contributed by atoms with E-state index >= 15 is 0 Å². The van der Waals surface area contributed by atoms with Gasteiger partial charge in [-0.15, -0.1) is 0 Å². The Morgan fingerprint density at radius 2 is 1.96 bits per heavy atom. The minimum Gasteiger partial charge on any atom is -0.496 e. The van der Waals surface area contributed by atoms with Gasteiger partial charge < -0.3 is 9.64 Å². The molecule has 2 heterocycles. The van der Waals surface area contributed by atoms with Crippen LogP contribution in [-0.2, 0) is 11.3 Å². The third-order valence-corrected chi connectivity index (χ3v) is 4.84. The van der Waals surface area contributed by atoms with E-state index in [-0.39, 0.29) is 18.0 Å². The van der Waals surface area contributed by atoms with Gasteiger partial charge in [0, 0.05) is 36.2 Å². The molecule has 1 saturated heterocycles. The minimum atomic E-state index is -0.284. The molecule has 0 atom stereocenters. The fourth-order valence-corrected chi connectivity index (χ4v) is 3.51. The predicted molar refractivity (Wildman–Crippen MR) is 94.4 cm³/mol. The van der Waals surface area contributed by atoms with E-state index in [0.717, 1.165) is 30.2 Å². The van der Waals surface area contributed by atoms with Crippen LogP contribution in [0.25, 0.3) is 11.3 Å². The summed E-state index contributed by atoms with van der Waals surface area (Å²) < 4.78 is 6.57. The summed E-state index contributed by atoms with van der Waals surface area (Å²) in [6.45, 7) is 1.42. The van der Waals surface area contributed by atoms with Gasteiger partial charge in [-0.05, 0) is 18.2 Å². The molecule has 0 spiro atoms. The van der Waals surface area contributed by atoms with E-state index in [4.69, 9.17) is 4.74 Å². The maximum absolute atomic E-state index is 12.4. The van der Waals surface area contributed by atoms with Crippen molar-refractivity contribution in [2.75, 3.05) is 31.7 Å². The van der Waals surface area contributed by atoms with E-state index < -0.39 is 0 Å². The smallest absolute Gasteiger partial charge is 0.267 e. The first-order valence-electron chi connectivity index (χ1n) is 7.76. The number of thioether (sulfide) groups is 1. The Labute approximate surface area is 144 Å². The van der Waals surface area contributed by atoms with Crippen LogP contribution in [0.4, 0.5) is 0 Å². The monoisotopic (exact) mass is 345 g/mol. The standard InChI is InChI=1S/C17H19N3O3S/c1-23-15-5-3-2-4-13(15)14-6-7-16(21)20(18-14)12-17(22)19-8-10-24-11-9-19/h2-7H,8-12H2,1H3. The van der Waals surface area contributed by atoms with Crippen molar-refractivity contribution in [3.63, 3.8) is 0 Å². The summed E-state index contributed by atoms with van der Waals surface area (Å²) in [6, 6.07) is 10.6. The Morgan fingerprint density at radius 3 is 2.71 bits per heavy atom. The number of hydrogen-bond donors (Lipinski definition) is 0. The van der Waals surface area contributed by atoms with Crippen molar-refractivity contribution in [3.8, 4) is 17.0 Å². The Morgan fingerprint density at radius 1 is 1.21 bits per heavy atom. The molecule has 1 aliphatic rings. The number of aromatic nitrogens is 2. The highest BCUT2D eigenvalue weighted by atomic mass is 32.2. The average molecular weight is 345 g/mol. The van der Waals surface area contributed by atoms with Gasteiger partial charge in [-0.2, -0.15) is 16.9 Å². The Bertz CT molecular complexity index is 785. The summed E-state index contributed by atoms with van der Waals surface area (Å²) in [4.78, 5) is 26.2. The van der Waals surface area contributed by atoms with Crippen molar-refractivity contribution < 1.29 is 9.53 Å². The quantitative estimate of drug-likeness (QED) is 0.840. The van der Waals surface area contributed by atoms with Crippen LogP contribution in [0.1, 0.15) is 0 Å². The molecular weight excluding hydrogens is 326 g/mol. The van der Waals surface area contributed by atoms with Gasteiger partial charge in [-0.1, -0.05) is 12.1 Å². The highest BCUT2D eigenvalue weighted by molar-refractivity contribution is 7.99. The third-order valence-electron chi connectivity index (χ3n) is 3.90. The normalized spacial score (nSPS) is 14.5. The van der Waals surface area contributed by atoms with E-state index in [9.17, 15) is 9.59 Å². The fourth-order valence-electron chi connectivity index (χ4n) is 2.60. The summed E-state index contributed by atoms with van der Waals surface area (Å²) in [5.41, 5.74) is 1.11. The highest BCUT2D eigenvalue weighted by Gasteiger charge is 2.18. The van der Waals surface area contributed by atoms with Gasteiger partial charge >= 0.3 is 0 Å². The van der Waals surface area contributed by atoms with Crippen molar-refractivity contribution in [2.45, 2.75) is 6.54 Å². The average Bonchev–Trinajstić information content (AvgIpc) is 2.64. The van der Waals surface area contributed by atoms with Gasteiger partial charge in [-0.25, -0.2) is 4.68 Å². The van der Waals surface area contributed by atoms with Gasteiger partial charge in [0.1, 0.15) is 12.3 Å². The van der Waals surface area contributed by atoms with Crippen molar-refractivity contribution >= 4 is 17.7 Å². The molecule has 0 unspecified atom stereocenters. The molecule has 1 amide bonds. The molecule has 0 bridgehead atoms. The molecule has 0 aliphatic carbocycles. The number of amides is 1. The number of ether oxygens (including phenoxy) is 1. The summed E-state index contributed by atoms with van der Waals surface area (Å²) in [6.07, 6.45) is 0. The second-order valence-corrected chi connectivity index (χ2v) is 6.63. The number of nitrogens with zero attached hydrogens (tertiary/aromatic N) is 3. The first-order valence-corrected chi connectivity index (χ1v) is 8.91. The number of methoxy groups -OCH3 is 1. The van der Waals surface area contributed by atoms with E-state index in [2.05, 4.69) is 5.10 Å². The van der Waals surface area contributed by atoms with Crippen LogP contribution in [0.15, 0.2) is 41.2 Å². The lowest BCUT2D eigenvalue weighted by Gasteiger charge is -2.26. The maximum Gasteiger partial charge on any atom is 0.267 e. The van der Waals surface area contributed by atoms with Crippen LogP contribution in [-0.4, -0.2) is 52.3 Å². The van der Waals surface area contributed by atoms with Crippen molar-refractivity contribution in [1.29, 1.82) is 0 Å². The number of hydrogen-bond acceptors (Lipinski definition) is 5. The van der Waals surface area contributed by atoms with Crippen molar-refractivity contribution in [3.05, 3.63) is 46.8 Å². The van der Waals surface area contributed by atoms with E-state index in [1.165, 1.54) is 10.7 Å². The summed E-state index contributed by atoms with van der Waals surface area (Å²) in [7, 11) is 1.59.